The van der Waals surface area contributed by atoms with E-state index in [2.05, 4.69) is 58.8 Å². The van der Waals surface area contributed by atoms with Gasteiger partial charge in [0.2, 0.25) is 0 Å². The maximum Gasteiger partial charge on any atom is 0.0107 e. The number of hydrogen-bond acceptors (Lipinski definition) is 2. The first-order valence-electron chi connectivity index (χ1n) is 7.55. The number of hydrogen-bond donors (Lipinski definition) is 1. The van der Waals surface area contributed by atoms with Gasteiger partial charge >= 0.3 is 0 Å². The zero-order valence-corrected chi connectivity index (χ0v) is 13.6. The van der Waals surface area contributed by atoms with Crippen molar-refractivity contribution in [2.75, 3.05) is 20.1 Å². The molecule has 2 heteroatoms. The molecule has 0 spiro atoms. The quantitative estimate of drug-likeness (QED) is 0.807. The Morgan fingerprint density at radius 2 is 1.61 bits per heavy atom. The highest BCUT2D eigenvalue weighted by molar-refractivity contribution is 4.92. The van der Waals surface area contributed by atoms with Crippen molar-refractivity contribution < 1.29 is 0 Å². The number of nitrogens with zero attached hydrogens (tertiary/aromatic N) is 1. The lowest BCUT2D eigenvalue weighted by atomic mass is 9.63. The van der Waals surface area contributed by atoms with E-state index in [-0.39, 0.29) is 0 Å². The highest BCUT2D eigenvalue weighted by Crippen LogP contribution is 2.45. The van der Waals surface area contributed by atoms with Crippen molar-refractivity contribution in [1.82, 2.24) is 10.2 Å². The van der Waals surface area contributed by atoms with E-state index >= 15 is 0 Å². The molecular formula is C16H34N2. The van der Waals surface area contributed by atoms with Crippen molar-refractivity contribution in [2.45, 2.75) is 72.9 Å². The minimum absolute atomic E-state index is 0.489. The first-order chi connectivity index (χ1) is 8.11. The lowest BCUT2D eigenvalue weighted by Crippen LogP contribution is -2.46. The van der Waals surface area contributed by atoms with Gasteiger partial charge in [0.1, 0.15) is 0 Å². The van der Waals surface area contributed by atoms with E-state index in [1.165, 1.54) is 19.3 Å². The summed E-state index contributed by atoms with van der Waals surface area (Å²) in [5.41, 5.74) is 0.979. The number of nitrogens with one attached hydrogen (secondary N) is 1. The molecule has 2 nitrogen and oxygen atoms in total. The molecule has 0 bridgehead atoms. The van der Waals surface area contributed by atoms with Gasteiger partial charge in [-0.15, -0.1) is 0 Å². The zero-order valence-electron chi connectivity index (χ0n) is 13.6. The van der Waals surface area contributed by atoms with Gasteiger partial charge in [-0.05, 0) is 51.0 Å². The molecule has 1 aliphatic carbocycles. The second-order valence-electron chi connectivity index (χ2n) is 8.14. The smallest absolute Gasteiger partial charge is 0.0107 e. The maximum atomic E-state index is 3.78. The highest BCUT2D eigenvalue weighted by Gasteiger charge is 2.37. The molecule has 1 N–H and O–H groups in total. The molecule has 108 valence electrons. The number of likely N-dealkylation sites (N-methyl/N-ethyl adjacent to an activating group) is 1. The van der Waals surface area contributed by atoms with Crippen LogP contribution in [0.25, 0.3) is 0 Å². The van der Waals surface area contributed by atoms with Crippen LogP contribution in [0.1, 0.15) is 60.8 Å². The molecule has 0 heterocycles. The van der Waals surface area contributed by atoms with Gasteiger partial charge in [0.25, 0.3) is 0 Å². The van der Waals surface area contributed by atoms with Gasteiger partial charge in [-0.3, -0.25) is 0 Å². The standard InChI is InChI=1S/C16H34N2/c1-13(2)18(7)9-8-17-14-10-15(3,4)12-16(5,6)11-14/h13-14,17H,8-12H2,1-7H3. The van der Waals surface area contributed by atoms with Gasteiger partial charge in [-0.2, -0.15) is 0 Å². The second-order valence-corrected chi connectivity index (χ2v) is 8.14. The van der Waals surface area contributed by atoms with Crippen LogP contribution in [0.4, 0.5) is 0 Å². The fourth-order valence-electron chi connectivity index (χ4n) is 3.69. The largest absolute Gasteiger partial charge is 0.313 e. The summed E-state index contributed by atoms with van der Waals surface area (Å²) in [4.78, 5) is 2.41. The molecule has 18 heavy (non-hydrogen) atoms. The van der Waals surface area contributed by atoms with Gasteiger partial charge in [0, 0.05) is 25.2 Å². The first kappa shape index (κ1) is 16.0. The predicted molar refractivity (Wildman–Crippen MR) is 81.0 cm³/mol. The van der Waals surface area contributed by atoms with Crippen LogP contribution in [-0.4, -0.2) is 37.1 Å². The Kier molecular flexibility index (Phi) is 5.25. The Balaban J connectivity index is 2.38. The third kappa shape index (κ3) is 5.27. The molecule has 0 unspecified atom stereocenters. The predicted octanol–water partition coefficient (Wildman–Crippen LogP) is 3.52. The van der Waals surface area contributed by atoms with E-state index in [1.54, 1.807) is 0 Å². The molecule has 0 aliphatic heterocycles. The summed E-state index contributed by atoms with van der Waals surface area (Å²) in [6.45, 7) is 16.5. The molecule has 0 atom stereocenters. The summed E-state index contributed by atoms with van der Waals surface area (Å²) in [6, 6.07) is 1.34. The van der Waals surface area contributed by atoms with Crippen molar-refractivity contribution >= 4 is 0 Å². The van der Waals surface area contributed by atoms with E-state index in [1.807, 2.05) is 0 Å². The van der Waals surface area contributed by atoms with E-state index < -0.39 is 0 Å². The van der Waals surface area contributed by atoms with Gasteiger partial charge < -0.3 is 10.2 Å². The van der Waals surface area contributed by atoms with E-state index in [4.69, 9.17) is 0 Å². The van der Waals surface area contributed by atoms with Crippen LogP contribution in [0.5, 0.6) is 0 Å². The maximum absolute atomic E-state index is 3.78. The normalized spacial score (nSPS) is 23.8. The van der Waals surface area contributed by atoms with Crippen molar-refractivity contribution in [3.63, 3.8) is 0 Å². The minimum Gasteiger partial charge on any atom is -0.313 e. The summed E-state index contributed by atoms with van der Waals surface area (Å²) in [5, 5.41) is 3.78. The van der Waals surface area contributed by atoms with Crippen LogP contribution in [0, 0.1) is 10.8 Å². The first-order valence-corrected chi connectivity index (χ1v) is 7.55. The topological polar surface area (TPSA) is 15.3 Å². The lowest BCUT2D eigenvalue weighted by Gasteiger charge is -2.45. The molecule has 1 saturated carbocycles. The third-order valence-electron chi connectivity index (χ3n) is 4.33. The van der Waals surface area contributed by atoms with Crippen LogP contribution in [-0.2, 0) is 0 Å². The summed E-state index contributed by atoms with van der Waals surface area (Å²) in [7, 11) is 2.21. The van der Waals surface area contributed by atoms with Crippen molar-refractivity contribution in [1.29, 1.82) is 0 Å². The molecule has 0 amide bonds. The van der Waals surface area contributed by atoms with Gasteiger partial charge in [0.05, 0.1) is 0 Å². The summed E-state index contributed by atoms with van der Waals surface area (Å²) in [6.07, 6.45) is 3.99. The molecule has 0 aromatic carbocycles. The van der Waals surface area contributed by atoms with Crippen LogP contribution < -0.4 is 5.32 Å². The Bertz CT molecular complexity index is 240. The molecule has 0 saturated heterocycles. The lowest BCUT2D eigenvalue weighted by molar-refractivity contribution is 0.0838. The average Bonchev–Trinajstić information content (AvgIpc) is 2.11. The fraction of sp³-hybridized carbons (Fsp3) is 1.00. The summed E-state index contributed by atoms with van der Waals surface area (Å²) >= 11 is 0. The molecule has 0 radical (unpaired) electrons. The van der Waals surface area contributed by atoms with Gasteiger partial charge in [-0.25, -0.2) is 0 Å². The Morgan fingerprint density at radius 1 is 1.11 bits per heavy atom. The van der Waals surface area contributed by atoms with E-state index in [0.29, 0.717) is 22.9 Å². The van der Waals surface area contributed by atoms with E-state index in [9.17, 15) is 0 Å². The van der Waals surface area contributed by atoms with Crippen molar-refractivity contribution in [2.24, 2.45) is 10.8 Å². The molecule has 0 aromatic heterocycles. The second kappa shape index (κ2) is 5.92. The third-order valence-corrected chi connectivity index (χ3v) is 4.33. The van der Waals surface area contributed by atoms with Crippen LogP contribution in [0.3, 0.4) is 0 Å². The molecule has 1 fully saturated rings. The minimum atomic E-state index is 0.489. The van der Waals surface area contributed by atoms with Crippen LogP contribution in [0.15, 0.2) is 0 Å². The number of rotatable bonds is 5. The molecule has 0 aromatic rings. The van der Waals surface area contributed by atoms with E-state index in [0.717, 1.165) is 13.1 Å². The molecule has 1 aliphatic rings. The summed E-state index contributed by atoms with van der Waals surface area (Å²) in [5.74, 6) is 0. The SMILES string of the molecule is CC(C)N(C)CCNC1CC(C)(C)CC(C)(C)C1. The monoisotopic (exact) mass is 254 g/mol. The van der Waals surface area contributed by atoms with Crippen molar-refractivity contribution in [3.8, 4) is 0 Å². The Hall–Kier alpha value is -0.0800. The average molecular weight is 254 g/mol. The molecular weight excluding hydrogens is 220 g/mol. The fourth-order valence-corrected chi connectivity index (χ4v) is 3.69. The van der Waals surface area contributed by atoms with Gasteiger partial charge in [-0.1, -0.05) is 27.7 Å². The zero-order chi connectivity index (χ0) is 14.0. The molecule has 1 rings (SSSR count). The van der Waals surface area contributed by atoms with Crippen LogP contribution >= 0.6 is 0 Å². The summed E-state index contributed by atoms with van der Waals surface area (Å²) < 4.78 is 0. The van der Waals surface area contributed by atoms with Crippen LogP contribution in [0.2, 0.25) is 0 Å². The highest BCUT2D eigenvalue weighted by atomic mass is 15.1. The Morgan fingerprint density at radius 3 is 2.06 bits per heavy atom. The van der Waals surface area contributed by atoms with Crippen molar-refractivity contribution in [3.05, 3.63) is 0 Å². The Labute approximate surface area is 115 Å². The van der Waals surface area contributed by atoms with Gasteiger partial charge in [0.15, 0.2) is 0 Å².